The van der Waals surface area contributed by atoms with Gasteiger partial charge in [0.05, 0.1) is 6.54 Å². The van der Waals surface area contributed by atoms with Crippen molar-refractivity contribution in [2.45, 2.75) is 19.1 Å². The van der Waals surface area contributed by atoms with Gasteiger partial charge in [-0.2, -0.15) is 0 Å². The van der Waals surface area contributed by atoms with Crippen LogP contribution in [0.15, 0.2) is 48.5 Å². The van der Waals surface area contributed by atoms with Gasteiger partial charge in [0.2, 0.25) is 5.91 Å². The number of ether oxygens (including phenoxy) is 3. The molecule has 0 bridgehead atoms. The van der Waals surface area contributed by atoms with Crippen molar-refractivity contribution in [1.29, 1.82) is 0 Å². The molecule has 3 rings (SSSR count). The zero-order chi connectivity index (χ0) is 25.3. The number of hydrogen-bond donors (Lipinski definition) is 1. The Balaban J connectivity index is 1.66. The quantitative estimate of drug-likeness (QED) is 0.522. The third kappa shape index (κ3) is 8.81. The summed E-state index contributed by atoms with van der Waals surface area (Å²) in [6, 6.07) is 15.8. The van der Waals surface area contributed by atoms with Gasteiger partial charge in [0.1, 0.15) is 36.9 Å². The first kappa shape index (κ1) is 26.9. The highest BCUT2D eigenvalue weighted by atomic mass is 16.5. The summed E-state index contributed by atoms with van der Waals surface area (Å²) in [5.74, 6) is 1.40. The molecule has 8 heteroatoms. The topological polar surface area (TPSA) is 74.7 Å². The van der Waals surface area contributed by atoms with E-state index < -0.39 is 5.60 Å². The van der Waals surface area contributed by atoms with Crippen LogP contribution in [0.5, 0.6) is 11.5 Å². The van der Waals surface area contributed by atoms with Crippen LogP contribution in [-0.4, -0.2) is 105 Å². The average molecular weight is 486 g/mol. The van der Waals surface area contributed by atoms with Crippen LogP contribution in [0.1, 0.15) is 11.1 Å². The molecule has 1 aliphatic heterocycles. The van der Waals surface area contributed by atoms with E-state index in [9.17, 15) is 9.90 Å². The molecule has 1 saturated heterocycles. The van der Waals surface area contributed by atoms with Crippen molar-refractivity contribution >= 4 is 5.91 Å². The summed E-state index contributed by atoms with van der Waals surface area (Å²) in [5.41, 5.74) is 1.03. The lowest BCUT2D eigenvalue weighted by Gasteiger charge is -2.33. The maximum absolute atomic E-state index is 12.6. The van der Waals surface area contributed by atoms with Crippen LogP contribution in [0.2, 0.25) is 0 Å². The van der Waals surface area contributed by atoms with Gasteiger partial charge in [0, 0.05) is 39.8 Å². The lowest BCUT2D eigenvalue weighted by atomic mass is 10.0. The molecule has 0 unspecified atom stereocenters. The minimum atomic E-state index is -1.22. The van der Waals surface area contributed by atoms with Crippen LogP contribution < -0.4 is 9.47 Å². The molecule has 0 spiro atoms. The van der Waals surface area contributed by atoms with Gasteiger partial charge in [-0.25, -0.2) is 0 Å². The first-order chi connectivity index (χ1) is 16.8. The minimum Gasteiger partial charge on any atom is -0.492 e. The maximum atomic E-state index is 12.6. The number of methoxy groups -OCH3 is 1. The fraction of sp³-hybridized carbons (Fsp3) is 0.519. The van der Waals surface area contributed by atoms with Gasteiger partial charge < -0.3 is 29.1 Å². The van der Waals surface area contributed by atoms with E-state index in [2.05, 4.69) is 9.80 Å². The molecule has 1 atom stereocenters. The molecule has 1 fully saturated rings. The van der Waals surface area contributed by atoms with Gasteiger partial charge >= 0.3 is 0 Å². The van der Waals surface area contributed by atoms with E-state index in [1.807, 2.05) is 69.6 Å². The number of amides is 1. The van der Waals surface area contributed by atoms with Gasteiger partial charge in [-0.1, -0.05) is 29.8 Å². The largest absolute Gasteiger partial charge is 0.492 e. The van der Waals surface area contributed by atoms with Gasteiger partial charge in [0.25, 0.3) is 0 Å². The van der Waals surface area contributed by atoms with E-state index in [1.54, 1.807) is 4.90 Å². The Kier molecular flexibility index (Phi) is 9.92. The van der Waals surface area contributed by atoms with Gasteiger partial charge in [0.15, 0.2) is 0 Å². The van der Waals surface area contributed by atoms with E-state index in [0.29, 0.717) is 38.5 Å². The van der Waals surface area contributed by atoms with Crippen molar-refractivity contribution < 1.29 is 24.1 Å². The fourth-order valence-electron chi connectivity index (χ4n) is 4.04. The third-order valence-electron chi connectivity index (χ3n) is 5.98. The lowest BCUT2D eigenvalue weighted by Crippen LogP contribution is -2.52. The molecule has 8 nitrogen and oxygen atoms in total. The summed E-state index contributed by atoms with van der Waals surface area (Å²) in [6.07, 6.45) is 0. The Morgan fingerprint density at radius 1 is 1.00 bits per heavy atom. The summed E-state index contributed by atoms with van der Waals surface area (Å²) in [6.45, 7) is 5.97. The van der Waals surface area contributed by atoms with Gasteiger partial charge in [-0.05, 0) is 50.8 Å². The molecule has 1 amide bonds. The zero-order valence-corrected chi connectivity index (χ0v) is 21.4. The van der Waals surface area contributed by atoms with Crippen molar-refractivity contribution in [2.24, 2.45) is 0 Å². The predicted octanol–water partition coefficient (Wildman–Crippen LogP) is 2.04. The van der Waals surface area contributed by atoms with E-state index in [1.165, 1.54) is 7.11 Å². The molecular formula is C27H39N3O5. The molecule has 0 radical (unpaired) electrons. The molecule has 0 aromatic heterocycles. The highest BCUT2D eigenvalue weighted by Crippen LogP contribution is 2.21. The molecule has 2 aromatic carbocycles. The monoisotopic (exact) mass is 485 g/mol. The predicted molar refractivity (Wildman–Crippen MR) is 136 cm³/mol. The highest BCUT2D eigenvalue weighted by molar-refractivity contribution is 5.77. The summed E-state index contributed by atoms with van der Waals surface area (Å²) >= 11 is 0. The fourth-order valence-corrected chi connectivity index (χ4v) is 4.04. The second kappa shape index (κ2) is 12.9. The van der Waals surface area contributed by atoms with E-state index >= 15 is 0 Å². The first-order valence-electron chi connectivity index (χ1n) is 12.0. The molecule has 1 N–H and O–H groups in total. The smallest absolute Gasteiger partial charge is 0.248 e. The summed E-state index contributed by atoms with van der Waals surface area (Å²) in [4.78, 5) is 18.5. The molecule has 2 aromatic rings. The summed E-state index contributed by atoms with van der Waals surface area (Å²) in [5, 5.41) is 11.6. The van der Waals surface area contributed by atoms with E-state index in [0.717, 1.165) is 23.4 Å². The number of carbonyl (C=O) groups excluding carboxylic acids is 1. The van der Waals surface area contributed by atoms with Crippen molar-refractivity contribution in [2.75, 3.05) is 73.7 Å². The van der Waals surface area contributed by atoms with Crippen molar-refractivity contribution in [3.05, 3.63) is 59.7 Å². The van der Waals surface area contributed by atoms with Crippen molar-refractivity contribution in [3.8, 4) is 11.5 Å². The molecule has 0 saturated carbocycles. The van der Waals surface area contributed by atoms with Crippen LogP contribution in [0, 0.1) is 6.92 Å². The Labute approximate surface area is 209 Å². The minimum absolute atomic E-state index is 0.00974. The molecule has 1 aliphatic rings. The maximum Gasteiger partial charge on any atom is 0.248 e. The second-order valence-corrected chi connectivity index (χ2v) is 9.58. The van der Waals surface area contributed by atoms with Crippen LogP contribution in [0.4, 0.5) is 0 Å². The number of aliphatic hydroxyl groups is 1. The number of benzene rings is 2. The normalized spacial score (nSPS) is 19.0. The van der Waals surface area contributed by atoms with Crippen LogP contribution in [-0.2, 0) is 16.1 Å². The summed E-state index contributed by atoms with van der Waals surface area (Å²) < 4.78 is 16.8. The number of nitrogens with zero attached hydrogens (tertiary/aromatic N) is 3. The van der Waals surface area contributed by atoms with Gasteiger partial charge in [-0.15, -0.1) is 0 Å². The number of rotatable bonds is 11. The molecular weight excluding hydrogens is 446 g/mol. The number of β-amino-alcohol motifs (C(OH)–C–C–N with tert-alkyl or cyclic N) is 1. The molecule has 192 valence electrons. The molecule has 1 heterocycles. The van der Waals surface area contributed by atoms with Crippen LogP contribution in [0.3, 0.4) is 0 Å². The van der Waals surface area contributed by atoms with Crippen LogP contribution >= 0.6 is 0 Å². The Morgan fingerprint density at radius 3 is 2.31 bits per heavy atom. The lowest BCUT2D eigenvalue weighted by molar-refractivity contribution is -0.138. The first-order valence-corrected chi connectivity index (χ1v) is 12.0. The molecule has 35 heavy (non-hydrogen) atoms. The Morgan fingerprint density at radius 2 is 1.66 bits per heavy atom. The standard InChI is InChI=1S/C27H39N3O5/c1-22-5-9-25(10-6-22)35-21-27(32)19-29(13-14-30(20-27)26(31)18-33-4)17-23-7-11-24(12-8-23)34-16-15-28(2)3/h5-12,32H,13-21H2,1-4H3/t27-/m1/s1. The zero-order valence-electron chi connectivity index (χ0n) is 21.4. The SMILES string of the molecule is COCC(=O)N1CCN(Cc2ccc(OCCN(C)C)cc2)C[C@](O)(COc2ccc(C)cc2)C1. The van der Waals surface area contributed by atoms with Crippen LogP contribution in [0.25, 0.3) is 0 Å². The van der Waals surface area contributed by atoms with E-state index in [-0.39, 0.29) is 25.7 Å². The van der Waals surface area contributed by atoms with Crippen molar-refractivity contribution in [3.63, 3.8) is 0 Å². The van der Waals surface area contributed by atoms with E-state index in [4.69, 9.17) is 14.2 Å². The number of aryl methyl sites for hydroxylation is 1. The highest BCUT2D eigenvalue weighted by Gasteiger charge is 2.37. The average Bonchev–Trinajstić information content (AvgIpc) is 2.99. The number of hydrogen-bond acceptors (Lipinski definition) is 7. The number of carbonyl (C=O) groups is 1. The number of likely N-dealkylation sites (N-methyl/N-ethyl adjacent to an activating group) is 1. The second-order valence-electron chi connectivity index (χ2n) is 9.58. The Bertz CT molecular complexity index is 919. The molecule has 0 aliphatic carbocycles. The summed E-state index contributed by atoms with van der Waals surface area (Å²) in [7, 11) is 5.54. The van der Waals surface area contributed by atoms with Gasteiger partial charge in [-0.3, -0.25) is 9.69 Å². The van der Waals surface area contributed by atoms with Crippen molar-refractivity contribution in [1.82, 2.24) is 14.7 Å². The third-order valence-corrected chi connectivity index (χ3v) is 5.98. The Hall–Kier alpha value is -2.65.